The Morgan fingerprint density at radius 2 is 1.67 bits per heavy atom. The van der Waals surface area contributed by atoms with Gasteiger partial charge in [-0.2, -0.15) is 0 Å². The number of nitrogens with zero attached hydrogens (tertiary/aromatic N) is 3. The number of pyridine rings is 1. The first-order chi connectivity index (χ1) is 15.9. The number of amides is 1. The Kier molecular flexibility index (Phi) is 6.58. The van der Waals surface area contributed by atoms with Crippen molar-refractivity contribution in [1.29, 1.82) is 0 Å². The molecule has 1 aliphatic rings. The van der Waals surface area contributed by atoms with E-state index >= 15 is 0 Å². The lowest BCUT2D eigenvalue weighted by Gasteiger charge is -2.30. The lowest BCUT2D eigenvalue weighted by Crippen LogP contribution is -2.38. The van der Waals surface area contributed by atoms with Crippen LogP contribution in [0.2, 0.25) is 0 Å². The van der Waals surface area contributed by atoms with Gasteiger partial charge in [0.25, 0.3) is 5.91 Å². The maximum atomic E-state index is 13.3. The molecule has 1 fully saturated rings. The minimum Gasteiger partial charge on any atom is -0.493 e. The first-order valence-corrected chi connectivity index (χ1v) is 11.3. The fourth-order valence-corrected chi connectivity index (χ4v) is 4.14. The number of fused-ring (bicyclic) bond motifs is 1. The van der Waals surface area contributed by atoms with Gasteiger partial charge in [0.2, 0.25) is 0 Å². The van der Waals surface area contributed by atoms with Crippen molar-refractivity contribution in [2.24, 2.45) is 5.92 Å². The van der Waals surface area contributed by atoms with E-state index in [1.807, 2.05) is 49.3 Å². The molecule has 4 rings (SSSR count). The largest absolute Gasteiger partial charge is 0.493 e. The highest BCUT2D eigenvalue weighted by molar-refractivity contribution is 6.01. The molecular formula is C26H32N4O3. The molecule has 2 heterocycles. The van der Waals surface area contributed by atoms with Crippen molar-refractivity contribution in [2.75, 3.05) is 51.6 Å². The van der Waals surface area contributed by atoms with Gasteiger partial charge in [0.15, 0.2) is 11.5 Å². The van der Waals surface area contributed by atoms with Crippen LogP contribution < -0.4 is 19.7 Å². The first-order valence-electron chi connectivity index (χ1n) is 11.3. The number of nitrogens with one attached hydrogen (secondary N) is 1. The van der Waals surface area contributed by atoms with E-state index in [4.69, 9.17) is 14.5 Å². The van der Waals surface area contributed by atoms with Crippen molar-refractivity contribution in [3.8, 4) is 11.5 Å². The second kappa shape index (κ2) is 9.57. The molecule has 1 aliphatic heterocycles. The summed E-state index contributed by atoms with van der Waals surface area (Å²) in [4.78, 5) is 22.0. The number of likely N-dealkylation sites (tertiary alicyclic amines) is 1. The van der Waals surface area contributed by atoms with Gasteiger partial charge in [-0.15, -0.1) is 0 Å². The number of aromatic nitrogens is 1. The summed E-state index contributed by atoms with van der Waals surface area (Å²) < 4.78 is 11.0. The number of hydrogen-bond donors (Lipinski definition) is 1. The van der Waals surface area contributed by atoms with Crippen molar-refractivity contribution in [3.05, 3.63) is 48.2 Å². The highest BCUT2D eigenvalue weighted by Gasteiger charge is 2.24. The molecule has 7 heteroatoms. The summed E-state index contributed by atoms with van der Waals surface area (Å²) in [6.07, 6.45) is 2.04. The normalized spacial score (nSPS) is 14.3. The molecule has 0 unspecified atom stereocenters. The molecule has 1 aromatic heterocycles. The highest BCUT2D eigenvalue weighted by atomic mass is 16.5. The van der Waals surface area contributed by atoms with Crippen LogP contribution in [0.15, 0.2) is 42.5 Å². The molecule has 0 saturated carbocycles. The molecule has 33 heavy (non-hydrogen) atoms. The van der Waals surface area contributed by atoms with Gasteiger partial charge in [-0.05, 0) is 55.2 Å². The molecule has 3 aromatic rings. The number of benzene rings is 2. The van der Waals surface area contributed by atoms with E-state index < -0.39 is 0 Å². The molecule has 1 amide bonds. The molecular weight excluding hydrogens is 416 g/mol. The fourth-order valence-electron chi connectivity index (χ4n) is 4.14. The maximum absolute atomic E-state index is 13.3. The molecule has 0 aliphatic carbocycles. The lowest BCUT2D eigenvalue weighted by molar-refractivity contribution is 0.0691. The Bertz CT molecular complexity index is 1140. The summed E-state index contributed by atoms with van der Waals surface area (Å²) in [5.41, 5.74) is 3.94. The predicted molar refractivity (Wildman–Crippen MR) is 133 cm³/mol. The molecule has 1 saturated heterocycles. The third-order valence-electron chi connectivity index (χ3n) is 6.27. The Morgan fingerprint density at radius 3 is 2.27 bits per heavy atom. The Morgan fingerprint density at radius 1 is 1.03 bits per heavy atom. The minimum absolute atomic E-state index is 0.0374. The number of carbonyl (C=O) groups excluding carboxylic acids is 1. The summed E-state index contributed by atoms with van der Waals surface area (Å²) in [5, 5.41) is 4.34. The van der Waals surface area contributed by atoms with Crippen LogP contribution in [0.3, 0.4) is 0 Å². The Balaban J connectivity index is 1.77. The van der Waals surface area contributed by atoms with E-state index in [1.54, 1.807) is 14.2 Å². The Hall–Kier alpha value is -3.48. The van der Waals surface area contributed by atoms with Crippen molar-refractivity contribution >= 4 is 33.9 Å². The number of rotatable bonds is 6. The van der Waals surface area contributed by atoms with Crippen LogP contribution in [0, 0.1) is 5.92 Å². The number of hydrogen-bond acceptors (Lipinski definition) is 6. The van der Waals surface area contributed by atoms with Crippen LogP contribution in [0.1, 0.15) is 30.3 Å². The van der Waals surface area contributed by atoms with Gasteiger partial charge in [0.05, 0.1) is 25.4 Å². The van der Waals surface area contributed by atoms with Gasteiger partial charge in [-0.25, -0.2) is 4.98 Å². The number of methoxy groups -OCH3 is 2. The Labute approximate surface area is 195 Å². The zero-order valence-corrected chi connectivity index (χ0v) is 20.0. The van der Waals surface area contributed by atoms with E-state index in [0.29, 0.717) is 28.6 Å². The average molecular weight is 449 g/mol. The number of anilines is 3. The first kappa shape index (κ1) is 22.7. The molecule has 7 nitrogen and oxygen atoms in total. The SMILES string of the molecule is COc1cc2nc(C(=O)N3CCC(C)CC3)cc(Nc3ccc(N(C)C)cc3)c2cc1OC. The van der Waals surface area contributed by atoms with E-state index in [0.717, 1.165) is 48.4 Å². The minimum atomic E-state index is -0.0374. The summed E-state index contributed by atoms with van der Waals surface area (Å²) in [6, 6.07) is 13.7. The van der Waals surface area contributed by atoms with Crippen LogP contribution in [-0.4, -0.2) is 57.2 Å². The van der Waals surface area contributed by atoms with E-state index in [1.165, 1.54) is 0 Å². The summed E-state index contributed by atoms with van der Waals surface area (Å²) in [6.45, 7) is 3.76. The average Bonchev–Trinajstić information content (AvgIpc) is 2.83. The smallest absolute Gasteiger partial charge is 0.272 e. The molecule has 2 aromatic carbocycles. The summed E-state index contributed by atoms with van der Waals surface area (Å²) in [5.74, 6) is 1.80. The van der Waals surface area contributed by atoms with Gasteiger partial charge in [0.1, 0.15) is 5.69 Å². The van der Waals surface area contributed by atoms with Crippen LogP contribution >= 0.6 is 0 Å². The fraction of sp³-hybridized carbons (Fsp3) is 0.385. The third kappa shape index (κ3) is 4.82. The predicted octanol–water partition coefficient (Wildman–Crippen LogP) is 4.93. The van der Waals surface area contributed by atoms with Crippen LogP contribution in [0.4, 0.5) is 17.1 Å². The van der Waals surface area contributed by atoms with Gasteiger partial charge in [0, 0.05) is 50.0 Å². The number of ether oxygens (including phenoxy) is 2. The molecule has 0 radical (unpaired) electrons. The number of piperidine rings is 1. The van der Waals surface area contributed by atoms with Crippen molar-refractivity contribution in [3.63, 3.8) is 0 Å². The quantitative estimate of drug-likeness (QED) is 0.577. The third-order valence-corrected chi connectivity index (χ3v) is 6.27. The van der Waals surface area contributed by atoms with Crippen LogP contribution in [0.5, 0.6) is 11.5 Å². The number of carbonyl (C=O) groups is 1. The standard InChI is InChI=1S/C26H32N4O3/c1-17-10-12-30(13-11-17)26(31)23-15-21(27-18-6-8-19(9-7-18)29(2)3)20-14-24(32-4)25(33-5)16-22(20)28-23/h6-9,14-17H,10-13H2,1-5H3,(H,27,28). The molecule has 174 valence electrons. The monoisotopic (exact) mass is 448 g/mol. The second-order valence-corrected chi connectivity index (χ2v) is 8.82. The summed E-state index contributed by atoms with van der Waals surface area (Å²) >= 11 is 0. The zero-order valence-electron chi connectivity index (χ0n) is 20.0. The van der Waals surface area contributed by atoms with Gasteiger partial charge in [-0.1, -0.05) is 6.92 Å². The van der Waals surface area contributed by atoms with Gasteiger partial charge in [-0.3, -0.25) is 4.79 Å². The van der Waals surface area contributed by atoms with Gasteiger partial charge < -0.3 is 24.6 Å². The maximum Gasteiger partial charge on any atom is 0.272 e. The molecule has 0 bridgehead atoms. The van der Waals surface area contributed by atoms with Crippen LogP contribution in [0.25, 0.3) is 10.9 Å². The highest BCUT2D eigenvalue weighted by Crippen LogP contribution is 2.36. The topological polar surface area (TPSA) is 66.9 Å². The summed E-state index contributed by atoms with van der Waals surface area (Å²) in [7, 11) is 7.23. The molecule has 1 N–H and O–H groups in total. The van der Waals surface area contributed by atoms with Gasteiger partial charge >= 0.3 is 0 Å². The zero-order chi connectivity index (χ0) is 23.5. The van der Waals surface area contributed by atoms with E-state index in [2.05, 4.69) is 29.3 Å². The van der Waals surface area contributed by atoms with E-state index in [-0.39, 0.29) is 5.91 Å². The molecule has 0 atom stereocenters. The lowest BCUT2D eigenvalue weighted by atomic mass is 9.99. The van der Waals surface area contributed by atoms with Crippen LogP contribution in [-0.2, 0) is 0 Å². The van der Waals surface area contributed by atoms with Crippen molar-refractivity contribution in [2.45, 2.75) is 19.8 Å². The molecule has 0 spiro atoms. The van der Waals surface area contributed by atoms with E-state index in [9.17, 15) is 4.79 Å². The van der Waals surface area contributed by atoms with Crippen molar-refractivity contribution in [1.82, 2.24) is 9.88 Å². The second-order valence-electron chi connectivity index (χ2n) is 8.82. The van der Waals surface area contributed by atoms with Crippen molar-refractivity contribution < 1.29 is 14.3 Å².